The third-order valence-electron chi connectivity index (χ3n) is 5.61. The molecule has 2 aliphatic rings. The number of rotatable bonds is 5. The molecule has 0 aliphatic carbocycles. The van der Waals surface area contributed by atoms with E-state index in [0.717, 1.165) is 48.6 Å². The maximum atomic E-state index is 12.6. The third kappa shape index (κ3) is 4.92. The van der Waals surface area contributed by atoms with Crippen LogP contribution in [0.15, 0.2) is 24.5 Å². The quantitative estimate of drug-likeness (QED) is 0.734. The first kappa shape index (κ1) is 21.0. The van der Waals surface area contributed by atoms with Crippen molar-refractivity contribution < 1.29 is 14.3 Å². The lowest BCUT2D eigenvalue weighted by molar-refractivity contribution is -0.141. The van der Waals surface area contributed by atoms with Gasteiger partial charge in [-0.05, 0) is 38.3 Å². The van der Waals surface area contributed by atoms with Crippen LogP contribution in [0.3, 0.4) is 0 Å². The van der Waals surface area contributed by atoms with Crippen molar-refractivity contribution >= 4 is 17.8 Å². The van der Waals surface area contributed by atoms with Crippen molar-refractivity contribution in [1.82, 2.24) is 25.2 Å². The molecule has 31 heavy (non-hydrogen) atoms. The lowest BCUT2D eigenvalue weighted by Gasteiger charge is -2.34. The van der Waals surface area contributed by atoms with Crippen LogP contribution in [0, 0.1) is 0 Å². The fourth-order valence-electron chi connectivity index (χ4n) is 4.04. The van der Waals surface area contributed by atoms with Crippen LogP contribution < -0.4 is 10.2 Å². The number of pyridine rings is 1. The van der Waals surface area contributed by atoms with Gasteiger partial charge in [-0.2, -0.15) is 0 Å². The molecule has 0 atom stereocenters. The molecule has 0 saturated carbocycles. The van der Waals surface area contributed by atoms with Gasteiger partial charge in [0.25, 0.3) is 0 Å². The van der Waals surface area contributed by atoms with Crippen LogP contribution in [0.25, 0.3) is 11.4 Å². The predicted octanol–water partition coefficient (Wildman–Crippen LogP) is 2.16. The molecule has 2 aromatic heterocycles. The van der Waals surface area contributed by atoms with Crippen molar-refractivity contribution in [1.29, 1.82) is 0 Å². The number of hydrogen-bond acceptors (Lipinski definition) is 7. The molecular weight excluding hydrogens is 396 g/mol. The first-order valence-corrected chi connectivity index (χ1v) is 10.9. The van der Waals surface area contributed by atoms with Gasteiger partial charge in [-0.25, -0.2) is 14.8 Å². The number of urea groups is 1. The summed E-state index contributed by atoms with van der Waals surface area (Å²) in [5.41, 5.74) is 2.92. The first-order chi connectivity index (χ1) is 15.2. The van der Waals surface area contributed by atoms with Crippen LogP contribution in [-0.2, 0) is 22.5 Å². The highest BCUT2D eigenvalue weighted by Crippen LogP contribution is 2.31. The summed E-state index contributed by atoms with van der Waals surface area (Å²) in [6.45, 7) is 4.77. The molecule has 0 aromatic carbocycles. The maximum Gasteiger partial charge on any atom is 0.325 e. The van der Waals surface area contributed by atoms with E-state index in [9.17, 15) is 9.59 Å². The van der Waals surface area contributed by atoms with Gasteiger partial charge in [-0.1, -0.05) is 0 Å². The summed E-state index contributed by atoms with van der Waals surface area (Å²) in [6, 6.07) is 3.56. The molecule has 0 bridgehead atoms. The molecule has 2 amide bonds. The highest BCUT2D eigenvalue weighted by Gasteiger charge is 2.28. The molecule has 1 N–H and O–H groups in total. The lowest BCUT2D eigenvalue weighted by atomic mass is 10.0. The van der Waals surface area contributed by atoms with E-state index in [-0.39, 0.29) is 12.6 Å². The standard InChI is InChI=1S/C22H28N6O3/c1-2-31-19(29)14-24-22(30)28-13-8-18-17(15-28)21(27-11-4-3-5-12-27)26-20(25-18)16-6-9-23-10-7-16/h6-7,9-10H,2-5,8,11-15H2,1H3,(H,24,30). The van der Waals surface area contributed by atoms with E-state index in [1.54, 1.807) is 24.2 Å². The normalized spacial score (nSPS) is 15.9. The molecule has 2 aliphatic heterocycles. The number of ether oxygens (including phenoxy) is 1. The molecule has 9 nitrogen and oxygen atoms in total. The molecular formula is C22H28N6O3. The van der Waals surface area contributed by atoms with E-state index in [4.69, 9.17) is 14.7 Å². The van der Waals surface area contributed by atoms with Crippen LogP contribution in [0.2, 0.25) is 0 Å². The second-order valence-corrected chi connectivity index (χ2v) is 7.71. The number of anilines is 1. The monoisotopic (exact) mass is 424 g/mol. The van der Waals surface area contributed by atoms with Crippen LogP contribution in [0.5, 0.6) is 0 Å². The van der Waals surface area contributed by atoms with E-state index in [0.29, 0.717) is 31.9 Å². The molecule has 4 rings (SSSR count). The summed E-state index contributed by atoms with van der Waals surface area (Å²) < 4.78 is 4.89. The minimum atomic E-state index is -0.437. The zero-order valence-electron chi connectivity index (χ0n) is 17.8. The van der Waals surface area contributed by atoms with Gasteiger partial charge in [0.05, 0.1) is 18.8 Å². The Morgan fingerprint density at radius 3 is 2.61 bits per heavy atom. The average molecular weight is 425 g/mol. The van der Waals surface area contributed by atoms with Gasteiger partial charge in [-0.3, -0.25) is 9.78 Å². The SMILES string of the molecule is CCOC(=O)CNC(=O)N1CCc2nc(-c3ccncc3)nc(N3CCCCC3)c2C1. The van der Waals surface area contributed by atoms with E-state index in [2.05, 4.69) is 15.2 Å². The Labute approximate surface area is 181 Å². The van der Waals surface area contributed by atoms with Gasteiger partial charge in [-0.15, -0.1) is 0 Å². The van der Waals surface area contributed by atoms with Gasteiger partial charge in [0.15, 0.2) is 5.82 Å². The van der Waals surface area contributed by atoms with Gasteiger partial charge in [0.2, 0.25) is 0 Å². The second kappa shape index (κ2) is 9.72. The summed E-state index contributed by atoms with van der Waals surface area (Å²) >= 11 is 0. The van der Waals surface area contributed by atoms with E-state index in [1.165, 1.54) is 6.42 Å². The smallest absolute Gasteiger partial charge is 0.325 e. The molecule has 1 saturated heterocycles. The van der Waals surface area contributed by atoms with Crippen molar-refractivity contribution in [3.05, 3.63) is 35.8 Å². The zero-order chi connectivity index (χ0) is 21.6. The first-order valence-electron chi connectivity index (χ1n) is 10.9. The van der Waals surface area contributed by atoms with E-state index >= 15 is 0 Å². The van der Waals surface area contributed by atoms with Crippen molar-refractivity contribution in [2.24, 2.45) is 0 Å². The molecule has 4 heterocycles. The van der Waals surface area contributed by atoms with E-state index < -0.39 is 5.97 Å². The van der Waals surface area contributed by atoms with E-state index in [1.807, 2.05) is 12.1 Å². The average Bonchev–Trinajstić information content (AvgIpc) is 2.83. The number of carbonyl (C=O) groups excluding carboxylic acids is 2. The third-order valence-corrected chi connectivity index (χ3v) is 5.61. The second-order valence-electron chi connectivity index (χ2n) is 7.71. The van der Waals surface area contributed by atoms with Crippen molar-refractivity contribution in [2.45, 2.75) is 39.2 Å². The number of piperidine rings is 1. The van der Waals surface area contributed by atoms with Crippen molar-refractivity contribution in [3.63, 3.8) is 0 Å². The fraction of sp³-hybridized carbons (Fsp3) is 0.500. The summed E-state index contributed by atoms with van der Waals surface area (Å²) in [7, 11) is 0. The molecule has 2 aromatic rings. The fourth-order valence-corrected chi connectivity index (χ4v) is 4.04. The Hall–Kier alpha value is -3.23. The van der Waals surface area contributed by atoms with Gasteiger partial charge < -0.3 is 19.9 Å². The minimum absolute atomic E-state index is 0.132. The van der Waals surface area contributed by atoms with Crippen LogP contribution in [0.1, 0.15) is 37.4 Å². The molecule has 1 fully saturated rings. The highest BCUT2D eigenvalue weighted by atomic mass is 16.5. The van der Waals surface area contributed by atoms with Crippen LogP contribution in [-0.4, -0.2) is 64.6 Å². The summed E-state index contributed by atoms with van der Waals surface area (Å²) in [5.74, 6) is 1.17. The number of aromatic nitrogens is 3. The zero-order valence-corrected chi connectivity index (χ0v) is 17.8. The summed E-state index contributed by atoms with van der Waals surface area (Å²) in [6.07, 6.45) is 7.62. The number of amides is 2. The number of esters is 1. The lowest BCUT2D eigenvalue weighted by Crippen LogP contribution is -2.45. The Bertz CT molecular complexity index is 930. The Balaban J connectivity index is 1.59. The Kier molecular flexibility index (Phi) is 6.59. The van der Waals surface area contributed by atoms with Crippen LogP contribution >= 0.6 is 0 Å². The maximum absolute atomic E-state index is 12.6. The van der Waals surface area contributed by atoms with Gasteiger partial charge in [0, 0.05) is 49.6 Å². The molecule has 0 spiro atoms. The summed E-state index contributed by atoms with van der Waals surface area (Å²) in [4.78, 5) is 42.1. The van der Waals surface area contributed by atoms with Gasteiger partial charge >= 0.3 is 12.0 Å². The largest absolute Gasteiger partial charge is 0.465 e. The summed E-state index contributed by atoms with van der Waals surface area (Å²) in [5, 5.41) is 2.66. The molecule has 9 heteroatoms. The number of nitrogens with one attached hydrogen (secondary N) is 1. The number of fused-ring (bicyclic) bond motifs is 1. The molecule has 164 valence electrons. The Morgan fingerprint density at radius 1 is 1.10 bits per heavy atom. The van der Waals surface area contributed by atoms with Crippen molar-refractivity contribution in [2.75, 3.05) is 37.7 Å². The predicted molar refractivity (Wildman–Crippen MR) is 115 cm³/mol. The highest BCUT2D eigenvalue weighted by molar-refractivity contribution is 5.81. The minimum Gasteiger partial charge on any atom is -0.465 e. The number of carbonyl (C=O) groups is 2. The Morgan fingerprint density at radius 2 is 1.87 bits per heavy atom. The van der Waals surface area contributed by atoms with Crippen molar-refractivity contribution in [3.8, 4) is 11.4 Å². The van der Waals surface area contributed by atoms with Gasteiger partial charge in [0.1, 0.15) is 12.4 Å². The molecule has 0 unspecified atom stereocenters. The topological polar surface area (TPSA) is 101 Å². The number of hydrogen-bond donors (Lipinski definition) is 1. The molecule has 0 radical (unpaired) electrons. The number of nitrogens with zero attached hydrogens (tertiary/aromatic N) is 5. The van der Waals surface area contributed by atoms with Crippen LogP contribution in [0.4, 0.5) is 10.6 Å².